The van der Waals surface area contributed by atoms with Crippen LogP contribution in [0.25, 0.3) is 33.1 Å². The van der Waals surface area contributed by atoms with E-state index in [9.17, 15) is 4.79 Å². The summed E-state index contributed by atoms with van der Waals surface area (Å²) in [5.41, 5.74) is 3.14. The fraction of sp³-hybridized carbons (Fsp3) is 0.227. The Hall–Kier alpha value is -3.25. The molecule has 0 radical (unpaired) electrons. The quantitative estimate of drug-likeness (QED) is 0.390. The van der Waals surface area contributed by atoms with Crippen molar-refractivity contribution in [3.05, 3.63) is 58.4 Å². The second kappa shape index (κ2) is 7.40. The van der Waals surface area contributed by atoms with Crippen LogP contribution in [-0.2, 0) is 4.74 Å². The summed E-state index contributed by atoms with van der Waals surface area (Å²) in [7, 11) is 3.25. The zero-order valence-corrected chi connectivity index (χ0v) is 16.0. The molecule has 0 spiro atoms. The lowest BCUT2D eigenvalue weighted by molar-refractivity contribution is 0.210. The molecule has 28 heavy (non-hydrogen) atoms. The molecule has 0 aliphatic rings. The molecule has 2 aromatic heterocycles. The standard InChI is InChI=1S/C22H21NO5/c1-13-4-9-17-16(12-13)20-19(22(24)27-17)18(21(28-20)23-10-11-25-2)14-5-7-15(26-3)8-6-14/h4-9,12,23H,10-11H2,1-3H3. The summed E-state index contributed by atoms with van der Waals surface area (Å²) in [4.78, 5) is 12.8. The highest BCUT2D eigenvalue weighted by atomic mass is 16.5. The first kappa shape index (κ1) is 18.1. The van der Waals surface area contributed by atoms with Crippen LogP contribution in [0.15, 0.2) is 56.1 Å². The second-order valence-corrected chi connectivity index (χ2v) is 6.55. The van der Waals surface area contributed by atoms with Crippen molar-refractivity contribution in [1.29, 1.82) is 0 Å². The summed E-state index contributed by atoms with van der Waals surface area (Å²) in [6, 6.07) is 13.1. The Balaban J connectivity index is 2.01. The summed E-state index contributed by atoms with van der Waals surface area (Å²) < 4.78 is 22.1. The summed E-state index contributed by atoms with van der Waals surface area (Å²) in [5.74, 6) is 1.25. The smallest absolute Gasteiger partial charge is 0.348 e. The Kier molecular flexibility index (Phi) is 4.79. The molecular weight excluding hydrogens is 358 g/mol. The molecule has 144 valence electrons. The van der Waals surface area contributed by atoms with Gasteiger partial charge in [-0.15, -0.1) is 0 Å². The minimum atomic E-state index is -0.430. The number of hydrogen-bond donors (Lipinski definition) is 1. The molecule has 4 aromatic rings. The third-order valence-electron chi connectivity index (χ3n) is 4.67. The monoisotopic (exact) mass is 379 g/mol. The van der Waals surface area contributed by atoms with Gasteiger partial charge in [-0.3, -0.25) is 0 Å². The minimum absolute atomic E-state index is 0.420. The summed E-state index contributed by atoms with van der Waals surface area (Å²) >= 11 is 0. The van der Waals surface area contributed by atoms with Gasteiger partial charge in [0.05, 0.1) is 24.7 Å². The van der Waals surface area contributed by atoms with Crippen molar-refractivity contribution < 1.29 is 18.3 Å². The maximum atomic E-state index is 12.8. The third kappa shape index (κ3) is 3.12. The molecule has 0 aliphatic carbocycles. The first-order valence-corrected chi connectivity index (χ1v) is 8.99. The van der Waals surface area contributed by atoms with Crippen LogP contribution in [0.1, 0.15) is 5.56 Å². The SMILES string of the molecule is COCCNc1oc2c(c1-c1ccc(OC)cc1)c(=O)oc1ccc(C)cc12. The molecule has 6 heteroatoms. The van der Waals surface area contributed by atoms with Crippen LogP contribution in [0.2, 0.25) is 0 Å². The number of fused-ring (bicyclic) bond motifs is 3. The molecule has 2 heterocycles. The number of benzene rings is 2. The molecule has 0 atom stereocenters. The maximum Gasteiger partial charge on any atom is 0.348 e. The Morgan fingerprint density at radius 2 is 1.82 bits per heavy atom. The average Bonchev–Trinajstić information content (AvgIpc) is 3.09. The fourth-order valence-corrected chi connectivity index (χ4v) is 3.30. The lowest BCUT2D eigenvalue weighted by Crippen LogP contribution is -2.07. The largest absolute Gasteiger partial charge is 0.497 e. The number of anilines is 1. The van der Waals surface area contributed by atoms with Gasteiger partial charge in [-0.25, -0.2) is 4.79 Å². The third-order valence-corrected chi connectivity index (χ3v) is 4.67. The van der Waals surface area contributed by atoms with E-state index < -0.39 is 5.63 Å². The Labute approximate surface area is 161 Å². The van der Waals surface area contributed by atoms with E-state index in [0.717, 1.165) is 22.3 Å². The Morgan fingerprint density at radius 3 is 2.54 bits per heavy atom. The van der Waals surface area contributed by atoms with Crippen LogP contribution >= 0.6 is 0 Å². The van der Waals surface area contributed by atoms with Crippen molar-refractivity contribution in [3.63, 3.8) is 0 Å². The molecule has 0 saturated heterocycles. The lowest BCUT2D eigenvalue weighted by Gasteiger charge is -2.07. The first-order chi connectivity index (χ1) is 13.6. The molecule has 0 saturated carbocycles. The number of hydrogen-bond acceptors (Lipinski definition) is 6. The molecule has 0 bridgehead atoms. The molecule has 0 unspecified atom stereocenters. The molecule has 0 amide bonds. The normalized spacial score (nSPS) is 11.2. The van der Waals surface area contributed by atoms with Gasteiger partial charge in [0.1, 0.15) is 16.7 Å². The van der Waals surface area contributed by atoms with Crippen LogP contribution in [0.5, 0.6) is 5.75 Å². The van der Waals surface area contributed by atoms with Gasteiger partial charge in [0, 0.05) is 13.7 Å². The van der Waals surface area contributed by atoms with E-state index in [4.69, 9.17) is 18.3 Å². The van der Waals surface area contributed by atoms with Gasteiger partial charge >= 0.3 is 5.63 Å². The predicted octanol–water partition coefficient (Wildman–Crippen LogP) is 4.58. The van der Waals surface area contributed by atoms with E-state index in [1.165, 1.54) is 0 Å². The minimum Gasteiger partial charge on any atom is -0.497 e. The van der Waals surface area contributed by atoms with Gasteiger partial charge in [-0.1, -0.05) is 23.8 Å². The van der Waals surface area contributed by atoms with Gasteiger partial charge in [-0.05, 0) is 36.8 Å². The van der Waals surface area contributed by atoms with Crippen molar-refractivity contribution in [3.8, 4) is 16.9 Å². The zero-order chi connectivity index (χ0) is 19.7. The van der Waals surface area contributed by atoms with Gasteiger partial charge < -0.3 is 23.6 Å². The Morgan fingerprint density at radius 1 is 1.04 bits per heavy atom. The number of methoxy groups -OCH3 is 2. The first-order valence-electron chi connectivity index (χ1n) is 8.99. The van der Waals surface area contributed by atoms with E-state index in [-0.39, 0.29) is 0 Å². The van der Waals surface area contributed by atoms with Crippen LogP contribution in [0.4, 0.5) is 5.88 Å². The summed E-state index contributed by atoms with van der Waals surface area (Å²) in [5, 5.41) is 4.42. The van der Waals surface area contributed by atoms with Crippen LogP contribution in [0, 0.1) is 6.92 Å². The molecule has 4 rings (SSSR count). The van der Waals surface area contributed by atoms with Crippen LogP contribution in [-0.4, -0.2) is 27.4 Å². The number of aryl methyl sites for hydroxylation is 1. The van der Waals surface area contributed by atoms with Gasteiger partial charge in [-0.2, -0.15) is 0 Å². The van der Waals surface area contributed by atoms with Crippen molar-refractivity contribution >= 4 is 27.8 Å². The topological polar surface area (TPSA) is 73.8 Å². The highest BCUT2D eigenvalue weighted by Crippen LogP contribution is 2.40. The summed E-state index contributed by atoms with van der Waals surface area (Å²) in [6.07, 6.45) is 0. The molecule has 0 aliphatic heterocycles. The summed E-state index contributed by atoms with van der Waals surface area (Å²) in [6.45, 7) is 3.04. The zero-order valence-electron chi connectivity index (χ0n) is 16.0. The van der Waals surface area contributed by atoms with E-state index >= 15 is 0 Å². The van der Waals surface area contributed by atoms with Gasteiger partial charge in [0.25, 0.3) is 0 Å². The Bertz CT molecular complexity index is 1190. The highest BCUT2D eigenvalue weighted by Gasteiger charge is 2.22. The number of ether oxygens (including phenoxy) is 2. The van der Waals surface area contributed by atoms with E-state index in [2.05, 4.69) is 5.32 Å². The van der Waals surface area contributed by atoms with E-state index in [0.29, 0.717) is 41.2 Å². The predicted molar refractivity (Wildman–Crippen MR) is 109 cm³/mol. The molecule has 2 aromatic carbocycles. The van der Waals surface area contributed by atoms with Crippen molar-refractivity contribution in [2.45, 2.75) is 6.92 Å². The van der Waals surface area contributed by atoms with E-state index in [1.807, 2.05) is 43.3 Å². The molecule has 1 N–H and O–H groups in total. The number of nitrogens with one attached hydrogen (secondary N) is 1. The van der Waals surface area contributed by atoms with Gasteiger partial charge in [0.15, 0.2) is 5.58 Å². The molecular formula is C22H21NO5. The van der Waals surface area contributed by atoms with Crippen molar-refractivity contribution in [2.24, 2.45) is 0 Å². The lowest BCUT2D eigenvalue weighted by atomic mass is 10.0. The fourth-order valence-electron chi connectivity index (χ4n) is 3.30. The highest BCUT2D eigenvalue weighted by molar-refractivity contribution is 6.09. The van der Waals surface area contributed by atoms with Crippen LogP contribution in [0.3, 0.4) is 0 Å². The second-order valence-electron chi connectivity index (χ2n) is 6.55. The maximum absolute atomic E-state index is 12.8. The van der Waals surface area contributed by atoms with Crippen molar-refractivity contribution in [1.82, 2.24) is 0 Å². The average molecular weight is 379 g/mol. The van der Waals surface area contributed by atoms with E-state index in [1.54, 1.807) is 20.3 Å². The van der Waals surface area contributed by atoms with Crippen molar-refractivity contribution in [2.75, 3.05) is 32.7 Å². The van der Waals surface area contributed by atoms with Gasteiger partial charge in [0.2, 0.25) is 5.88 Å². The number of furan rings is 1. The molecule has 6 nitrogen and oxygen atoms in total. The molecule has 0 fully saturated rings. The van der Waals surface area contributed by atoms with Crippen LogP contribution < -0.4 is 15.7 Å². The number of rotatable bonds is 6.